The van der Waals surface area contributed by atoms with Crippen LogP contribution in [-0.4, -0.2) is 88.5 Å². The van der Waals surface area contributed by atoms with Crippen molar-refractivity contribution in [2.45, 2.75) is 90.4 Å². The molecule has 0 saturated heterocycles. The maximum atomic E-state index is 14.2. The van der Waals surface area contributed by atoms with E-state index in [-0.39, 0.29) is 6.42 Å². The molecule has 0 radical (unpaired) electrons. The zero-order valence-electron chi connectivity index (χ0n) is 24.5. The minimum atomic E-state index is -1.39. The highest BCUT2D eigenvalue weighted by molar-refractivity contribution is 5.81. The molecular formula is C29H48FN5O4. The van der Waals surface area contributed by atoms with Crippen molar-refractivity contribution >= 4 is 23.8 Å². The van der Waals surface area contributed by atoms with Crippen molar-refractivity contribution < 1.29 is 24.2 Å². The number of nitrogens with one attached hydrogen (secondary N) is 2. The lowest BCUT2D eigenvalue weighted by atomic mass is 9.83. The number of benzene rings is 1. The monoisotopic (exact) mass is 549 g/mol. The highest BCUT2D eigenvalue weighted by atomic mass is 19.1. The van der Waals surface area contributed by atoms with E-state index in [2.05, 4.69) is 53.1 Å². The van der Waals surface area contributed by atoms with Gasteiger partial charge in [0.25, 0.3) is 0 Å². The highest BCUT2D eigenvalue weighted by Crippen LogP contribution is 2.39. The van der Waals surface area contributed by atoms with Gasteiger partial charge < -0.3 is 20.0 Å². The third-order valence-electron chi connectivity index (χ3n) is 8.06. The van der Waals surface area contributed by atoms with Gasteiger partial charge in [0.2, 0.25) is 0 Å². The van der Waals surface area contributed by atoms with E-state index in [0.717, 1.165) is 39.3 Å². The van der Waals surface area contributed by atoms with E-state index in [1.807, 2.05) is 0 Å². The number of carbonyl (C=O) groups is 2. The van der Waals surface area contributed by atoms with Crippen LogP contribution in [0.25, 0.3) is 0 Å². The summed E-state index contributed by atoms with van der Waals surface area (Å²) in [6, 6.07) is 4.16. The molecular weight excluding hydrogens is 501 g/mol. The first-order valence-corrected chi connectivity index (χ1v) is 14.2. The number of fused-ring (bicyclic) bond motifs is 1. The average molecular weight is 550 g/mol. The fourth-order valence-corrected chi connectivity index (χ4v) is 5.41. The summed E-state index contributed by atoms with van der Waals surface area (Å²) in [7, 11) is 0. The molecule has 0 saturated carbocycles. The molecule has 2 unspecified atom stereocenters. The summed E-state index contributed by atoms with van der Waals surface area (Å²) in [6.45, 7) is 16.5. The number of rotatable bonds is 18. The Bertz CT molecular complexity index is 954. The second-order valence-electron chi connectivity index (χ2n) is 10.9. The Morgan fingerprint density at radius 2 is 1.38 bits per heavy atom. The number of hydrogen-bond donors (Lipinski definition) is 4. The first-order chi connectivity index (χ1) is 18.4. The number of carboxylic acid groups (broad SMARTS) is 2. The van der Waals surface area contributed by atoms with E-state index in [0.29, 0.717) is 36.9 Å². The van der Waals surface area contributed by atoms with Crippen LogP contribution in [0.15, 0.2) is 23.2 Å². The molecule has 2 atom stereocenters. The molecule has 220 valence electrons. The quantitative estimate of drug-likeness (QED) is 0.201. The summed E-state index contributed by atoms with van der Waals surface area (Å²) < 4.78 is 14.2. The molecule has 0 fully saturated rings. The number of halogens is 1. The molecule has 0 aromatic heterocycles. The molecule has 39 heavy (non-hydrogen) atoms. The van der Waals surface area contributed by atoms with Gasteiger partial charge in [-0.05, 0) is 90.9 Å². The molecule has 0 amide bonds. The molecule has 1 aromatic rings. The molecule has 1 aliphatic rings. The predicted octanol–water partition coefficient (Wildman–Crippen LogP) is 4.19. The van der Waals surface area contributed by atoms with Crippen molar-refractivity contribution in [1.82, 2.24) is 20.4 Å². The third kappa shape index (κ3) is 8.30. The molecule has 4 N–H and O–H groups in total. The molecule has 9 nitrogen and oxygen atoms in total. The number of carboxylic acids is 2. The van der Waals surface area contributed by atoms with E-state index >= 15 is 0 Å². The summed E-state index contributed by atoms with van der Waals surface area (Å²) in [4.78, 5) is 34.3. The number of hydrogen-bond acceptors (Lipinski definition) is 7. The van der Waals surface area contributed by atoms with Crippen molar-refractivity contribution in [3.63, 3.8) is 0 Å². The van der Waals surface area contributed by atoms with Crippen LogP contribution in [0.1, 0.15) is 79.2 Å². The zero-order valence-corrected chi connectivity index (χ0v) is 24.5. The van der Waals surface area contributed by atoms with Gasteiger partial charge in [-0.1, -0.05) is 33.8 Å². The van der Waals surface area contributed by atoms with Crippen molar-refractivity contribution in [1.29, 1.82) is 0 Å². The lowest BCUT2D eigenvalue weighted by molar-refractivity contribution is -0.148. The number of aliphatic imine (C=N–C) groups is 1. The van der Waals surface area contributed by atoms with Gasteiger partial charge in [-0.3, -0.25) is 25.2 Å². The predicted molar refractivity (Wildman–Crippen MR) is 153 cm³/mol. The average Bonchev–Trinajstić information content (AvgIpc) is 2.89. The van der Waals surface area contributed by atoms with Gasteiger partial charge in [0.15, 0.2) is 0 Å². The van der Waals surface area contributed by atoms with Crippen LogP contribution in [-0.2, 0) is 15.3 Å². The fraction of sp³-hybridized carbons (Fsp3) is 0.690. The molecule has 10 heteroatoms. The van der Waals surface area contributed by atoms with E-state index in [9.17, 15) is 24.2 Å². The molecule has 1 aromatic carbocycles. The molecule has 1 aliphatic heterocycles. The van der Waals surface area contributed by atoms with Gasteiger partial charge in [-0.2, -0.15) is 0 Å². The minimum absolute atomic E-state index is 0.198. The summed E-state index contributed by atoms with van der Waals surface area (Å²) in [5.41, 5.74) is -3.21. The lowest BCUT2D eigenvalue weighted by Crippen LogP contribution is -2.70. The van der Waals surface area contributed by atoms with Crippen LogP contribution in [0.5, 0.6) is 0 Å². The van der Waals surface area contributed by atoms with Crippen molar-refractivity contribution in [2.24, 2.45) is 4.99 Å². The van der Waals surface area contributed by atoms with Gasteiger partial charge in [0, 0.05) is 18.2 Å². The van der Waals surface area contributed by atoms with Crippen molar-refractivity contribution in [2.75, 3.05) is 39.3 Å². The normalized spacial score (nSPS) is 20.0. The maximum absolute atomic E-state index is 14.2. The van der Waals surface area contributed by atoms with Crippen LogP contribution >= 0.6 is 0 Å². The Kier molecular flexibility index (Phi) is 12.0. The first kappa shape index (κ1) is 32.8. The van der Waals surface area contributed by atoms with E-state index in [4.69, 9.17) is 0 Å². The maximum Gasteiger partial charge on any atom is 0.323 e. The summed E-state index contributed by atoms with van der Waals surface area (Å²) >= 11 is 0. The SMILES string of the molecule is CCN(CC)CCCC(C)(NC1(NC(C)(CCCN(CC)CC)C(=O)O)CC=Nc2cc(F)ccc21)C(=O)O. The summed E-state index contributed by atoms with van der Waals surface area (Å²) in [6.07, 6.45) is 3.71. The van der Waals surface area contributed by atoms with Crippen LogP contribution in [0, 0.1) is 5.82 Å². The fourth-order valence-electron chi connectivity index (χ4n) is 5.41. The Morgan fingerprint density at radius 1 is 0.923 bits per heavy atom. The van der Waals surface area contributed by atoms with Gasteiger partial charge in [0.1, 0.15) is 22.6 Å². The van der Waals surface area contributed by atoms with Crippen molar-refractivity contribution in [3.05, 3.63) is 29.6 Å². The van der Waals surface area contributed by atoms with E-state index in [1.165, 1.54) is 12.1 Å². The second-order valence-corrected chi connectivity index (χ2v) is 10.9. The second kappa shape index (κ2) is 14.3. The lowest BCUT2D eigenvalue weighted by Gasteiger charge is -2.47. The number of aliphatic carboxylic acids is 2. The Balaban J connectivity index is 2.49. The van der Waals surface area contributed by atoms with Gasteiger partial charge in [-0.25, -0.2) is 4.39 Å². The van der Waals surface area contributed by atoms with E-state index < -0.39 is 34.5 Å². The van der Waals surface area contributed by atoms with Crippen molar-refractivity contribution in [3.8, 4) is 0 Å². The van der Waals surface area contributed by atoms with Crippen LogP contribution in [0.4, 0.5) is 10.1 Å². The third-order valence-corrected chi connectivity index (χ3v) is 8.06. The van der Waals surface area contributed by atoms with Crippen LogP contribution < -0.4 is 10.6 Å². The Hall–Kier alpha value is -2.40. The minimum Gasteiger partial charge on any atom is -0.480 e. The van der Waals surface area contributed by atoms with Crippen LogP contribution in [0.3, 0.4) is 0 Å². The molecule has 0 spiro atoms. The summed E-state index contributed by atoms with van der Waals surface area (Å²) in [5.74, 6) is -2.54. The van der Waals surface area contributed by atoms with E-state index in [1.54, 1.807) is 26.1 Å². The Morgan fingerprint density at radius 3 is 1.79 bits per heavy atom. The molecule has 2 rings (SSSR count). The largest absolute Gasteiger partial charge is 0.480 e. The Labute approximate surface area is 232 Å². The first-order valence-electron chi connectivity index (χ1n) is 14.2. The molecule has 0 bridgehead atoms. The smallest absolute Gasteiger partial charge is 0.323 e. The van der Waals surface area contributed by atoms with Gasteiger partial charge in [0.05, 0.1) is 5.69 Å². The standard InChI is InChI=1S/C29H48FN5O4/c1-7-34(8-2)19-11-15-27(5,25(36)37)32-29(17-18-31-24-21-22(30)13-14-23(24)29)33-28(6,26(38)39)16-12-20-35(9-3)10-4/h13-14,18,21,32-33H,7-12,15-17,19-20H2,1-6H3,(H,36,37)(H,38,39). The topological polar surface area (TPSA) is 118 Å². The molecule has 0 aliphatic carbocycles. The van der Waals surface area contributed by atoms with Gasteiger partial charge in [-0.15, -0.1) is 0 Å². The van der Waals surface area contributed by atoms with Crippen LogP contribution in [0.2, 0.25) is 0 Å². The highest BCUT2D eigenvalue weighted by Gasteiger charge is 2.49. The van der Waals surface area contributed by atoms with Gasteiger partial charge >= 0.3 is 11.9 Å². The summed E-state index contributed by atoms with van der Waals surface area (Å²) in [5, 5.41) is 27.5. The number of nitrogens with zero attached hydrogens (tertiary/aromatic N) is 3. The molecule has 1 heterocycles. The zero-order chi connectivity index (χ0) is 29.3.